The maximum absolute atomic E-state index is 14.0. The highest BCUT2D eigenvalue weighted by Gasteiger charge is 2.18. The molecule has 4 nitrogen and oxygen atoms in total. The Bertz CT molecular complexity index is 645. The molecular weight excluding hydrogens is 273 g/mol. The SMILES string of the molecule is CCOC(=O)c1cnc2cc(OC)cc(F)c2c1Cl. The zero-order chi connectivity index (χ0) is 14.0. The number of carbonyl (C=O) groups excluding carboxylic acids is 1. The second-order valence-corrected chi connectivity index (χ2v) is 4.09. The second-order valence-electron chi connectivity index (χ2n) is 3.71. The lowest BCUT2D eigenvalue weighted by Gasteiger charge is -2.08. The van der Waals surface area contributed by atoms with E-state index < -0.39 is 11.8 Å². The topological polar surface area (TPSA) is 48.4 Å². The summed E-state index contributed by atoms with van der Waals surface area (Å²) in [6.45, 7) is 1.88. The van der Waals surface area contributed by atoms with Gasteiger partial charge in [0.15, 0.2) is 0 Å². The number of halogens is 2. The predicted molar refractivity (Wildman–Crippen MR) is 69.2 cm³/mol. The highest BCUT2D eigenvalue weighted by molar-refractivity contribution is 6.38. The third-order valence-electron chi connectivity index (χ3n) is 2.56. The third kappa shape index (κ3) is 2.46. The summed E-state index contributed by atoms with van der Waals surface area (Å²) in [5.74, 6) is -0.896. The first kappa shape index (κ1) is 13.5. The number of ether oxygens (including phenoxy) is 2. The Balaban J connectivity index is 2.65. The molecule has 0 bridgehead atoms. The number of methoxy groups -OCH3 is 1. The molecular formula is C13H11ClFNO3. The van der Waals surface area contributed by atoms with Crippen molar-refractivity contribution >= 4 is 28.5 Å². The summed E-state index contributed by atoms with van der Waals surface area (Å²) in [6, 6.07) is 2.73. The number of rotatable bonds is 3. The van der Waals surface area contributed by atoms with Crippen LogP contribution in [-0.2, 0) is 4.74 Å². The molecule has 2 rings (SSSR count). The highest BCUT2D eigenvalue weighted by atomic mass is 35.5. The summed E-state index contributed by atoms with van der Waals surface area (Å²) in [5.41, 5.74) is 0.356. The van der Waals surface area contributed by atoms with Gasteiger partial charge in [0.1, 0.15) is 11.6 Å². The van der Waals surface area contributed by atoms with Crippen molar-refractivity contribution in [3.05, 3.63) is 34.7 Å². The van der Waals surface area contributed by atoms with Gasteiger partial charge < -0.3 is 9.47 Å². The molecule has 19 heavy (non-hydrogen) atoms. The molecule has 0 aliphatic heterocycles. The van der Waals surface area contributed by atoms with Gasteiger partial charge in [0.2, 0.25) is 0 Å². The lowest BCUT2D eigenvalue weighted by atomic mass is 10.1. The largest absolute Gasteiger partial charge is 0.497 e. The molecule has 0 radical (unpaired) electrons. The van der Waals surface area contributed by atoms with E-state index in [9.17, 15) is 9.18 Å². The summed E-state index contributed by atoms with van der Waals surface area (Å²) < 4.78 is 23.7. The van der Waals surface area contributed by atoms with Crippen LogP contribution in [0, 0.1) is 5.82 Å². The fourth-order valence-electron chi connectivity index (χ4n) is 1.68. The minimum absolute atomic E-state index is 0.0106. The van der Waals surface area contributed by atoms with Crippen molar-refractivity contribution < 1.29 is 18.7 Å². The molecule has 6 heteroatoms. The number of hydrogen-bond donors (Lipinski definition) is 0. The van der Waals surface area contributed by atoms with Gasteiger partial charge in [0, 0.05) is 18.3 Å². The zero-order valence-electron chi connectivity index (χ0n) is 10.4. The van der Waals surface area contributed by atoms with E-state index in [-0.39, 0.29) is 22.6 Å². The minimum Gasteiger partial charge on any atom is -0.497 e. The van der Waals surface area contributed by atoms with Gasteiger partial charge in [0.05, 0.1) is 35.2 Å². The van der Waals surface area contributed by atoms with Crippen molar-refractivity contribution in [2.24, 2.45) is 0 Å². The van der Waals surface area contributed by atoms with Crippen LogP contribution in [0.15, 0.2) is 18.3 Å². The molecule has 0 spiro atoms. The van der Waals surface area contributed by atoms with Gasteiger partial charge >= 0.3 is 5.97 Å². The van der Waals surface area contributed by atoms with Gasteiger partial charge in [-0.2, -0.15) is 0 Å². The van der Waals surface area contributed by atoms with Gasteiger partial charge in [-0.3, -0.25) is 4.98 Å². The number of hydrogen-bond acceptors (Lipinski definition) is 4. The van der Waals surface area contributed by atoms with Gasteiger partial charge in [-0.25, -0.2) is 9.18 Å². The zero-order valence-corrected chi connectivity index (χ0v) is 11.1. The molecule has 0 N–H and O–H groups in total. The minimum atomic E-state index is -0.628. The van der Waals surface area contributed by atoms with E-state index in [1.807, 2.05) is 0 Å². The number of esters is 1. The molecule has 100 valence electrons. The first-order valence-electron chi connectivity index (χ1n) is 5.57. The van der Waals surface area contributed by atoms with Gasteiger partial charge in [0.25, 0.3) is 0 Å². The Labute approximate surface area is 114 Å². The van der Waals surface area contributed by atoms with Crippen LogP contribution in [0.4, 0.5) is 4.39 Å². The fraction of sp³-hybridized carbons (Fsp3) is 0.231. The molecule has 0 saturated heterocycles. The Hall–Kier alpha value is -1.88. The van der Waals surface area contributed by atoms with Crippen molar-refractivity contribution in [1.82, 2.24) is 4.98 Å². The highest BCUT2D eigenvalue weighted by Crippen LogP contribution is 2.31. The quantitative estimate of drug-likeness (QED) is 0.812. The summed E-state index contributed by atoms with van der Waals surface area (Å²) in [6.07, 6.45) is 1.27. The van der Waals surface area contributed by atoms with E-state index in [2.05, 4.69) is 4.98 Å². The van der Waals surface area contributed by atoms with Crippen LogP contribution in [0.5, 0.6) is 5.75 Å². The summed E-state index contributed by atoms with van der Waals surface area (Å²) in [5, 5.41) is 0.0663. The Kier molecular flexibility index (Phi) is 3.85. The molecule has 1 aromatic heterocycles. The molecule has 0 saturated carbocycles. The van der Waals surface area contributed by atoms with Crippen molar-refractivity contribution in [1.29, 1.82) is 0 Å². The maximum atomic E-state index is 14.0. The van der Waals surface area contributed by atoms with Crippen LogP contribution in [0.25, 0.3) is 10.9 Å². The Morgan fingerprint density at radius 3 is 2.84 bits per heavy atom. The molecule has 0 aliphatic carbocycles. The molecule has 0 aliphatic rings. The third-order valence-corrected chi connectivity index (χ3v) is 2.96. The lowest BCUT2D eigenvalue weighted by molar-refractivity contribution is 0.0526. The van der Waals surface area contributed by atoms with E-state index in [1.165, 1.54) is 19.4 Å². The molecule has 0 unspecified atom stereocenters. The van der Waals surface area contributed by atoms with E-state index in [4.69, 9.17) is 21.1 Å². The fourth-order valence-corrected chi connectivity index (χ4v) is 1.99. The first-order chi connectivity index (χ1) is 9.08. The molecule has 0 atom stereocenters. The van der Waals surface area contributed by atoms with Crippen LogP contribution in [0.1, 0.15) is 17.3 Å². The van der Waals surface area contributed by atoms with Crippen LogP contribution in [0.2, 0.25) is 5.02 Å². The molecule has 0 fully saturated rings. The summed E-state index contributed by atoms with van der Waals surface area (Å²) in [4.78, 5) is 15.7. The number of aromatic nitrogens is 1. The van der Waals surface area contributed by atoms with E-state index in [0.29, 0.717) is 11.3 Å². The van der Waals surface area contributed by atoms with Crippen molar-refractivity contribution in [3.63, 3.8) is 0 Å². The van der Waals surface area contributed by atoms with Crippen LogP contribution in [0.3, 0.4) is 0 Å². The van der Waals surface area contributed by atoms with E-state index in [0.717, 1.165) is 0 Å². The maximum Gasteiger partial charge on any atom is 0.341 e. The van der Waals surface area contributed by atoms with Crippen LogP contribution >= 0.6 is 11.6 Å². The van der Waals surface area contributed by atoms with Gasteiger partial charge in [-0.15, -0.1) is 0 Å². The average molecular weight is 284 g/mol. The van der Waals surface area contributed by atoms with Crippen molar-refractivity contribution in [2.75, 3.05) is 13.7 Å². The summed E-state index contributed by atoms with van der Waals surface area (Å²) >= 11 is 6.05. The van der Waals surface area contributed by atoms with Crippen molar-refractivity contribution in [3.8, 4) is 5.75 Å². The molecule has 2 aromatic rings. The Morgan fingerprint density at radius 1 is 1.47 bits per heavy atom. The Morgan fingerprint density at radius 2 is 2.21 bits per heavy atom. The normalized spacial score (nSPS) is 10.5. The molecule has 0 amide bonds. The number of carbonyl (C=O) groups is 1. The standard InChI is InChI=1S/C13H11ClFNO3/c1-3-19-13(17)8-6-16-10-5-7(18-2)4-9(15)11(10)12(8)14/h4-6H,3H2,1-2H3. The molecule has 1 aromatic carbocycles. The number of nitrogens with zero attached hydrogens (tertiary/aromatic N) is 1. The first-order valence-corrected chi connectivity index (χ1v) is 5.95. The predicted octanol–water partition coefficient (Wildman–Crippen LogP) is 3.21. The average Bonchev–Trinajstić information content (AvgIpc) is 2.38. The van der Waals surface area contributed by atoms with E-state index in [1.54, 1.807) is 13.0 Å². The van der Waals surface area contributed by atoms with Crippen LogP contribution < -0.4 is 4.74 Å². The second kappa shape index (κ2) is 5.40. The number of fused-ring (bicyclic) bond motifs is 1. The van der Waals surface area contributed by atoms with Gasteiger partial charge in [-0.1, -0.05) is 11.6 Å². The smallest absolute Gasteiger partial charge is 0.341 e. The number of benzene rings is 1. The van der Waals surface area contributed by atoms with Crippen molar-refractivity contribution in [2.45, 2.75) is 6.92 Å². The monoisotopic (exact) mass is 283 g/mol. The number of pyridine rings is 1. The van der Waals surface area contributed by atoms with Gasteiger partial charge in [-0.05, 0) is 6.92 Å². The van der Waals surface area contributed by atoms with E-state index >= 15 is 0 Å². The lowest BCUT2D eigenvalue weighted by Crippen LogP contribution is -2.06. The van der Waals surface area contributed by atoms with Crippen LogP contribution in [-0.4, -0.2) is 24.7 Å². The molecule has 1 heterocycles. The summed E-state index contributed by atoms with van der Waals surface area (Å²) in [7, 11) is 1.43.